The number of anilines is 1. The van der Waals surface area contributed by atoms with Crippen molar-refractivity contribution in [3.63, 3.8) is 0 Å². The molecule has 0 fully saturated rings. The molecule has 1 aliphatic rings. The molecule has 0 aliphatic carbocycles. The highest BCUT2D eigenvalue weighted by molar-refractivity contribution is 6.02. The highest BCUT2D eigenvalue weighted by Gasteiger charge is 2.27. The van der Waals surface area contributed by atoms with E-state index in [1.54, 1.807) is 0 Å². The number of fused-ring (bicyclic) bond motifs is 1. The lowest BCUT2D eigenvalue weighted by molar-refractivity contribution is -0.125. The van der Waals surface area contributed by atoms with Crippen LogP contribution in [0.25, 0.3) is 0 Å². The van der Waals surface area contributed by atoms with Crippen LogP contribution in [0.1, 0.15) is 18.9 Å². The number of nitrogens with zero attached hydrogens (tertiary/aromatic N) is 1. The van der Waals surface area contributed by atoms with E-state index in [0.29, 0.717) is 31.2 Å². The second kappa shape index (κ2) is 7.79. The first-order valence-electron chi connectivity index (χ1n) is 7.50. The van der Waals surface area contributed by atoms with Crippen LogP contribution in [-0.2, 0) is 14.3 Å². The first kappa shape index (κ1) is 16.3. The Morgan fingerprint density at radius 1 is 1.45 bits per heavy atom. The summed E-state index contributed by atoms with van der Waals surface area (Å²) in [6.45, 7) is 5.67. The summed E-state index contributed by atoms with van der Waals surface area (Å²) in [5.74, 6) is 0.246. The molecular weight excluding hydrogens is 284 g/mol. The normalized spacial score (nSPS) is 13.5. The summed E-state index contributed by atoms with van der Waals surface area (Å²) in [5.41, 5.74) is 1.67. The van der Waals surface area contributed by atoms with Gasteiger partial charge in [0, 0.05) is 19.8 Å². The van der Waals surface area contributed by atoms with E-state index in [1.165, 1.54) is 4.90 Å². The van der Waals surface area contributed by atoms with Gasteiger partial charge in [-0.1, -0.05) is 6.07 Å². The largest absolute Gasteiger partial charge is 0.482 e. The van der Waals surface area contributed by atoms with Crippen LogP contribution >= 0.6 is 0 Å². The average Bonchev–Trinajstić information content (AvgIpc) is 2.50. The molecule has 0 aromatic heterocycles. The van der Waals surface area contributed by atoms with Crippen molar-refractivity contribution in [1.29, 1.82) is 0 Å². The molecule has 2 rings (SSSR count). The Kier molecular flexibility index (Phi) is 5.77. The third-order valence-corrected chi connectivity index (χ3v) is 3.35. The van der Waals surface area contributed by atoms with E-state index >= 15 is 0 Å². The number of rotatable bonds is 7. The van der Waals surface area contributed by atoms with Crippen molar-refractivity contribution in [1.82, 2.24) is 5.32 Å². The van der Waals surface area contributed by atoms with Gasteiger partial charge in [-0.15, -0.1) is 0 Å². The summed E-state index contributed by atoms with van der Waals surface area (Å²) >= 11 is 0. The maximum absolute atomic E-state index is 12.0. The van der Waals surface area contributed by atoms with Crippen molar-refractivity contribution in [3.05, 3.63) is 23.8 Å². The lowest BCUT2D eigenvalue weighted by Crippen LogP contribution is -2.45. The number of carbonyl (C=O) groups excluding carboxylic acids is 2. The van der Waals surface area contributed by atoms with Gasteiger partial charge in [-0.2, -0.15) is 0 Å². The minimum atomic E-state index is -0.206. The molecular formula is C16H22N2O4. The van der Waals surface area contributed by atoms with E-state index in [-0.39, 0.29) is 25.0 Å². The molecule has 0 radical (unpaired) electrons. The van der Waals surface area contributed by atoms with E-state index in [1.807, 2.05) is 32.0 Å². The fourth-order valence-electron chi connectivity index (χ4n) is 2.23. The highest BCUT2D eigenvalue weighted by Crippen LogP contribution is 2.32. The van der Waals surface area contributed by atoms with Crippen LogP contribution in [0.4, 0.5) is 5.69 Å². The number of aryl methyl sites for hydroxylation is 1. The third kappa shape index (κ3) is 4.21. The molecule has 120 valence electrons. The molecule has 22 heavy (non-hydrogen) atoms. The van der Waals surface area contributed by atoms with Gasteiger partial charge < -0.3 is 14.8 Å². The molecule has 6 heteroatoms. The van der Waals surface area contributed by atoms with E-state index < -0.39 is 0 Å². The molecule has 1 aliphatic heterocycles. The van der Waals surface area contributed by atoms with Crippen molar-refractivity contribution in [2.24, 2.45) is 0 Å². The van der Waals surface area contributed by atoms with Gasteiger partial charge in [-0.25, -0.2) is 0 Å². The van der Waals surface area contributed by atoms with E-state index in [2.05, 4.69) is 5.32 Å². The molecule has 0 spiro atoms. The fourth-order valence-corrected chi connectivity index (χ4v) is 2.23. The van der Waals surface area contributed by atoms with E-state index in [4.69, 9.17) is 9.47 Å². The van der Waals surface area contributed by atoms with Crippen LogP contribution in [0.15, 0.2) is 18.2 Å². The van der Waals surface area contributed by atoms with Gasteiger partial charge in [0.1, 0.15) is 12.3 Å². The maximum Gasteiger partial charge on any atom is 0.265 e. The lowest BCUT2D eigenvalue weighted by Gasteiger charge is -2.29. The second-order valence-corrected chi connectivity index (χ2v) is 5.14. The Labute approximate surface area is 130 Å². The van der Waals surface area contributed by atoms with Crippen molar-refractivity contribution >= 4 is 17.5 Å². The molecule has 0 atom stereocenters. The van der Waals surface area contributed by atoms with Crippen LogP contribution in [0.5, 0.6) is 5.75 Å². The number of amides is 2. The minimum Gasteiger partial charge on any atom is -0.482 e. The van der Waals surface area contributed by atoms with Crippen molar-refractivity contribution in [2.45, 2.75) is 20.3 Å². The predicted molar refractivity (Wildman–Crippen MR) is 83.1 cm³/mol. The van der Waals surface area contributed by atoms with Crippen LogP contribution in [0.2, 0.25) is 0 Å². The number of ether oxygens (including phenoxy) is 2. The smallest absolute Gasteiger partial charge is 0.265 e. The Balaban J connectivity index is 1.93. The molecule has 1 aromatic carbocycles. The topological polar surface area (TPSA) is 67.9 Å². The van der Waals surface area contributed by atoms with Gasteiger partial charge in [0.25, 0.3) is 5.91 Å². The van der Waals surface area contributed by atoms with Crippen molar-refractivity contribution in [2.75, 3.05) is 37.8 Å². The number of hydrogen-bond donors (Lipinski definition) is 1. The molecule has 1 heterocycles. The van der Waals surface area contributed by atoms with Gasteiger partial charge >= 0.3 is 0 Å². The van der Waals surface area contributed by atoms with Crippen LogP contribution in [0, 0.1) is 6.92 Å². The molecule has 1 N–H and O–H groups in total. The molecule has 0 unspecified atom stereocenters. The van der Waals surface area contributed by atoms with Gasteiger partial charge in [0.2, 0.25) is 5.91 Å². The van der Waals surface area contributed by atoms with Crippen molar-refractivity contribution < 1.29 is 19.1 Å². The number of benzene rings is 1. The summed E-state index contributed by atoms with van der Waals surface area (Å²) in [5, 5.41) is 2.80. The Morgan fingerprint density at radius 2 is 2.27 bits per heavy atom. The Morgan fingerprint density at radius 3 is 3.05 bits per heavy atom. The third-order valence-electron chi connectivity index (χ3n) is 3.35. The number of hydrogen-bond acceptors (Lipinski definition) is 4. The Bertz CT molecular complexity index is 545. The monoisotopic (exact) mass is 306 g/mol. The summed E-state index contributed by atoms with van der Waals surface area (Å²) in [7, 11) is 0. The Hall–Kier alpha value is -2.08. The summed E-state index contributed by atoms with van der Waals surface area (Å²) < 4.78 is 10.6. The molecule has 1 aromatic rings. The van der Waals surface area contributed by atoms with Crippen LogP contribution < -0.4 is 15.0 Å². The molecule has 6 nitrogen and oxygen atoms in total. The summed E-state index contributed by atoms with van der Waals surface area (Å²) in [6.07, 6.45) is 0.756. The predicted octanol–water partition coefficient (Wildman–Crippen LogP) is 1.26. The SMILES string of the molecule is CCOCCCNC(=O)CN1C(=O)COc2ccc(C)cc21. The van der Waals surface area contributed by atoms with Crippen LogP contribution in [0.3, 0.4) is 0 Å². The fraction of sp³-hybridized carbons (Fsp3) is 0.500. The van der Waals surface area contributed by atoms with Crippen LogP contribution in [-0.4, -0.2) is 44.7 Å². The van der Waals surface area contributed by atoms with E-state index in [9.17, 15) is 9.59 Å². The lowest BCUT2D eigenvalue weighted by atomic mass is 10.1. The molecule has 0 bridgehead atoms. The van der Waals surface area contributed by atoms with Crippen molar-refractivity contribution in [3.8, 4) is 5.75 Å². The van der Waals surface area contributed by atoms with Gasteiger partial charge in [0.15, 0.2) is 6.61 Å². The van der Waals surface area contributed by atoms with Gasteiger partial charge in [0.05, 0.1) is 5.69 Å². The number of nitrogens with one attached hydrogen (secondary N) is 1. The maximum atomic E-state index is 12.0. The standard InChI is InChI=1S/C16H22N2O4/c1-3-21-8-4-7-17-15(19)10-18-13-9-12(2)5-6-14(13)22-11-16(18)20/h5-6,9H,3-4,7-8,10-11H2,1-2H3,(H,17,19). The zero-order chi connectivity index (χ0) is 15.9. The molecule has 2 amide bonds. The van der Waals surface area contributed by atoms with E-state index in [0.717, 1.165) is 12.0 Å². The second-order valence-electron chi connectivity index (χ2n) is 5.14. The van der Waals surface area contributed by atoms with Gasteiger partial charge in [-0.05, 0) is 38.0 Å². The summed E-state index contributed by atoms with van der Waals surface area (Å²) in [4.78, 5) is 25.5. The molecule has 0 saturated heterocycles. The average molecular weight is 306 g/mol. The first-order valence-corrected chi connectivity index (χ1v) is 7.50. The molecule has 0 saturated carbocycles. The number of carbonyl (C=O) groups is 2. The first-order chi connectivity index (χ1) is 10.6. The highest BCUT2D eigenvalue weighted by atomic mass is 16.5. The minimum absolute atomic E-state index is 0.00722. The van der Waals surface area contributed by atoms with Gasteiger partial charge in [-0.3, -0.25) is 14.5 Å². The quantitative estimate of drug-likeness (QED) is 0.770. The zero-order valence-electron chi connectivity index (χ0n) is 13.1. The summed E-state index contributed by atoms with van der Waals surface area (Å²) in [6, 6.07) is 5.60. The zero-order valence-corrected chi connectivity index (χ0v) is 13.1.